The maximum Gasteiger partial charge on any atom is 0.355 e. The number of halogens is 7. The summed E-state index contributed by atoms with van der Waals surface area (Å²) in [6.45, 7) is 7.05. The van der Waals surface area contributed by atoms with Crippen molar-refractivity contribution in [3.05, 3.63) is 92.1 Å². The SMILES string of the molecule is CC1COc2ccccc2N1C(=O)C(Cl)Cl.CCc1cccc(C)c1N(C(=O)CCl)C(C)COC.Cc1nn(-c2cc(NS(C)(=O)=O)c(Cl)cc2Cl)c(=O)n1C(F)F. The van der Waals surface area contributed by atoms with E-state index in [4.69, 9.17) is 67.5 Å². The highest BCUT2D eigenvalue weighted by atomic mass is 35.5. The van der Waals surface area contributed by atoms with Crippen LogP contribution in [0, 0.1) is 13.8 Å². The second-order valence-corrected chi connectivity index (χ2v) is 16.7. The van der Waals surface area contributed by atoms with E-state index in [2.05, 4.69) is 22.8 Å². The zero-order valence-electron chi connectivity index (χ0n) is 32.5. The number of hydrogen-bond donors (Lipinski definition) is 1. The Labute approximate surface area is 360 Å². The zero-order valence-corrected chi connectivity index (χ0v) is 37.1. The molecule has 3 aromatic carbocycles. The van der Waals surface area contributed by atoms with E-state index in [-0.39, 0.29) is 61.6 Å². The number of fused-ring (bicyclic) bond motifs is 1. The number of carbonyl (C=O) groups excluding carboxylic acids is 2. The van der Waals surface area contributed by atoms with Crippen LogP contribution in [0.4, 0.5) is 25.8 Å². The lowest BCUT2D eigenvalue weighted by atomic mass is 10.0. The van der Waals surface area contributed by atoms with Crippen molar-refractivity contribution in [1.82, 2.24) is 14.3 Å². The van der Waals surface area contributed by atoms with Gasteiger partial charge >= 0.3 is 12.2 Å². The molecule has 1 N–H and O–H groups in total. The summed E-state index contributed by atoms with van der Waals surface area (Å²) in [5.74, 6) is 0.0318. The van der Waals surface area contributed by atoms with Gasteiger partial charge in [-0.15, -0.1) is 16.7 Å². The van der Waals surface area contributed by atoms with Crippen molar-refractivity contribution in [2.24, 2.45) is 0 Å². The monoisotopic (exact) mass is 928 g/mol. The van der Waals surface area contributed by atoms with Crippen LogP contribution in [0.1, 0.15) is 44.3 Å². The zero-order chi connectivity index (χ0) is 43.6. The highest BCUT2D eigenvalue weighted by Crippen LogP contribution is 2.35. The van der Waals surface area contributed by atoms with E-state index in [1.165, 1.54) is 13.0 Å². The van der Waals surface area contributed by atoms with Gasteiger partial charge < -0.3 is 19.3 Å². The lowest BCUT2D eigenvalue weighted by Crippen LogP contribution is -2.47. The number of para-hydroxylation sites is 3. The highest BCUT2D eigenvalue weighted by molar-refractivity contribution is 7.92. The summed E-state index contributed by atoms with van der Waals surface area (Å²) in [7, 11) is -2.01. The first kappa shape index (κ1) is 48.7. The van der Waals surface area contributed by atoms with E-state index in [1.807, 2.05) is 57.2 Å². The summed E-state index contributed by atoms with van der Waals surface area (Å²) < 4.78 is 62.0. The molecule has 0 bridgehead atoms. The Balaban J connectivity index is 0.000000237. The van der Waals surface area contributed by atoms with Crippen LogP contribution in [-0.2, 0) is 30.8 Å². The average Bonchev–Trinajstić information content (AvgIpc) is 3.46. The third-order valence-corrected chi connectivity index (χ3v) is 10.2. The molecule has 0 spiro atoms. The molecule has 318 valence electrons. The molecule has 1 aliphatic heterocycles. The summed E-state index contributed by atoms with van der Waals surface area (Å²) >= 11 is 28.8. The van der Waals surface area contributed by atoms with E-state index < -0.39 is 27.1 Å². The molecule has 5 rings (SSSR count). The minimum atomic E-state index is -3.65. The molecule has 0 saturated carbocycles. The number of hydrogen-bond acceptors (Lipinski definition) is 8. The molecule has 0 radical (unpaired) electrons. The molecular weight excluding hydrogens is 888 g/mol. The fourth-order valence-electron chi connectivity index (χ4n) is 5.90. The molecule has 0 aliphatic carbocycles. The van der Waals surface area contributed by atoms with E-state index in [0.29, 0.717) is 23.6 Å². The number of carbonyl (C=O) groups is 2. The van der Waals surface area contributed by atoms with Crippen LogP contribution in [0.5, 0.6) is 5.75 Å². The first-order chi connectivity index (χ1) is 27.2. The van der Waals surface area contributed by atoms with Crippen LogP contribution in [0.25, 0.3) is 5.69 Å². The summed E-state index contributed by atoms with van der Waals surface area (Å²) in [6, 6.07) is 15.6. The van der Waals surface area contributed by atoms with Crippen LogP contribution in [0.3, 0.4) is 0 Å². The molecule has 0 saturated heterocycles. The van der Waals surface area contributed by atoms with Crippen LogP contribution in [0.15, 0.2) is 59.4 Å². The van der Waals surface area contributed by atoms with Gasteiger partial charge in [-0.05, 0) is 69.5 Å². The molecule has 2 atom stereocenters. The number of aromatic nitrogens is 3. The minimum Gasteiger partial charge on any atom is -0.489 e. The number of nitrogens with one attached hydrogen (secondary N) is 1. The second kappa shape index (κ2) is 21.6. The van der Waals surface area contributed by atoms with E-state index >= 15 is 0 Å². The van der Waals surface area contributed by atoms with Gasteiger partial charge in [0.1, 0.15) is 24.1 Å². The molecule has 2 unspecified atom stereocenters. The largest absolute Gasteiger partial charge is 0.489 e. The molecule has 13 nitrogen and oxygen atoms in total. The second-order valence-electron chi connectivity index (χ2n) is 12.8. The number of benzene rings is 3. The topological polar surface area (TPSA) is 145 Å². The van der Waals surface area contributed by atoms with Crippen molar-refractivity contribution in [3.63, 3.8) is 0 Å². The van der Waals surface area contributed by atoms with Gasteiger partial charge in [-0.1, -0.05) is 83.7 Å². The normalized spacial score (nSPS) is 14.1. The molecule has 58 heavy (non-hydrogen) atoms. The number of sulfonamides is 1. The third kappa shape index (κ3) is 12.2. The maximum absolute atomic E-state index is 12.8. The molecule has 1 aromatic heterocycles. The number of amides is 2. The van der Waals surface area contributed by atoms with Gasteiger partial charge in [-0.25, -0.2) is 17.8 Å². The Bertz CT molecular complexity index is 2240. The average molecular weight is 931 g/mol. The maximum atomic E-state index is 12.8. The van der Waals surface area contributed by atoms with Gasteiger partial charge in [0.25, 0.3) is 5.91 Å². The van der Waals surface area contributed by atoms with Crippen molar-refractivity contribution in [2.75, 3.05) is 47.0 Å². The van der Waals surface area contributed by atoms with Gasteiger partial charge in [0.2, 0.25) is 15.9 Å². The van der Waals surface area contributed by atoms with Crippen molar-refractivity contribution >= 4 is 96.9 Å². The Morgan fingerprint density at radius 3 is 2.28 bits per heavy atom. The fraction of sp³-hybridized carbons (Fsp3) is 0.405. The Morgan fingerprint density at radius 2 is 1.72 bits per heavy atom. The quantitative estimate of drug-likeness (QED) is 0.148. The van der Waals surface area contributed by atoms with Gasteiger partial charge in [-0.2, -0.15) is 13.5 Å². The van der Waals surface area contributed by atoms with Gasteiger partial charge in [0, 0.05) is 7.11 Å². The van der Waals surface area contributed by atoms with E-state index in [9.17, 15) is 31.6 Å². The lowest BCUT2D eigenvalue weighted by molar-refractivity contribution is -0.118. The van der Waals surface area contributed by atoms with Crippen molar-refractivity contribution in [1.29, 1.82) is 0 Å². The van der Waals surface area contributed by atoms with E-state index in [1.54, 1.807) is 16.9 Å². The van der Waals surface area contributed by atoms with Crippen molar-refractivity contribution in [2.45, 2.75) is 64.5 Å². The lowest BCUT2D eigenvalue weighted by Gasteiger charge is -2.35. The predicted molar refractivity (Wildman–Crippen MR) is 227 cm³/mol. The van der Waals surface area contributed by atoms with E-state index in [0.717, 1.165) is 41.2 Å². The Kier molecular flexibility index (Phi) is 18.1. The molecular formula is C37H43Cl5F2N6O7S. The molecule has 2 amide bonds. The number of alkyl halides is 5. The third-order valence-electron chi connectivity index (χ3n) is 8.38. The summed E-state index contributed by atoms with van der Waals surface area (Å²) in [5.41, 5.74) is 2.66. The Morgan fingerprint density at radius 1 is 1.07 bits per heavy atom. The minimum absolute atomic E-state index is 0.0223. The number of nitrogens with zero attached hydrogens (tertiary/aromatic N) is 5. The van der Waals surface area contributed by atoms with Crippen LogP contribution >= 0.6 is 58.0 Å². The van der Waals surface area contributed by atoms with Crippen LogP contribution in [0.2, 0.25) is 10.0 Å². The first-order valence-electron chi connectivity index (χ1n) is 17.4. The summed E-state index contributed by atoms with van der Waals surface area (Å²) in [6.07, 6.45) is 1.78. The molecule has 1 aliphatic rings. The Hall–Kier alpha value is -3.64. The smallest absolute Gasteiger partial charge is 0.355 e. The molecule has 0 fully saturated rings. The van der Waals surface area contributed by atoms with Crippen molar-refractivity contribution < 1.29 is 36.3 Å². The van der Waals surface area contributed by atoms with Gasteiger partial charge in [0.05, 0.1) is 57.7 Å². The highest BCUT2D eigenvalue weighted by Gasteiger charge is 2.32. The van der Waals surface area contributed by atoms with Gasteiger partial charge in [0.15, 0.2) is 4.84 Å². The van der Waals surface area contributed by atoms with Gasteiger partial charge in [-0.3, -0.25) is 14.3 Å². The predicted octanol–water partition coefficient (Wildman–Crippen LogP) is 8.18. The number of rotatable bonds is 11. The fourth-order valence-corrected chi connectivity index (χ4v) is 7.37. The number of ether oxygens (including phenoxy) is 2. The standard InChI is InChI=1S/C15H22ClNO2.C11H10Cl2F2N4O3S.C11H11Cl2NO2/c1-5-13-8-6-7-11(2)15(13)17(14(18)9-16)12(3)10-19-4;1-5-16-19(11(20)18(5)10(14)15)9-4-8(17-23(2,21)22)6(12)3-7(9)13;1-7-6-16-9-5-3-2-4-8(9)14(7)11(15)10(12)13/h6-8,12H,5,9-10H2,1-4H3;3-4,10,17H,1-2H3;2-5,7,10H,6H2,1H3. The van der Waals surface area contributed by atoms with Crippen LogP contribution < -0.4 is 24.9 Å². The number of aryl methyl sites for hydroxylation is 3. The van der Waals surface area contributed by atoms with Crippen LogP contribution in [-0.4, -0.2) is 84.0 Å². The summed E-state index contributed by atoms with van der Waals surface area (Å²) in [5, 5.41) is 3.63. The molecule has 21 heteroatoms. The molecule has 2 heterocycles. The molecule has 4 aromatic rings. The van der Waals surface area contributed by atoms with Crippen molar-refractivity contribution in [3.8, 4) is 11.4 Å². The number of anilines is 3. The summed E-state index contributed by atoms with van der Waals surface area (Å²) in [4.78, 5) is 38.4. The number of methoxy groups -OCH3 is 1. The first-order valence-corrected chi connectivity index (χ1v) is 21.5.